The van der Waals surface area contributed by atoms with Crippen molar-refractivity contribution in [2.24, 2.45) is 0 Å². The van der Waals surface area contributed by atoms with Gasteiger partial charge in [0.05, 0.1) is 12.5 Å². The van der Waals surface area contributed by atoms with Crippen LogP contribution >= 0.6 is 11.8 Å². The summed E-state index contributed by atoms with van der Waals surface area (Å²) in [6.07, 6.45) is 6.12. The molecule has 0 saturated heterocycles. The average Bonchev–Trinajstić information content (AvgIpc) is 2.15. The molecule has 0 amide bonds. The summed E-state index contributed by atoms with van der Waals surface area (Å²) in [4.78, 5) is 4.01. The summed E-state index contributed by atoms with van der Waals surface area (Å²) in [5, 5.41) is 8.81. The maximum Gasteiger partial charge on any atom is 0.0636 e. The van der Waals surface area contributed by atoms with Crippen molar-refractivity contribution >= 4 is 11.8 Å². The SMILES string of the molecule is CSC(CC#N)c1cccnc1. The summed E-state index contributed by atoms with van der Waals surface area (Å²) < 4.78 is 0. The maximum atomic E-state index is 8.55. The van der Waals surface area contributed by atoms with Crippen LogP contribution in [0.2, 0.25) is 0 Å². The first kappa shape index (κ1) is 9.08. The van der Waals surface area contributed by atoms with Crippen LogP contribution < -0.4 is 0 Å². The Labute approximate surface area is 76.6 Å². The first-order chi connectivity index (χ1) is 5.88. The van der Waals surface area contributed by atoms with Gasteiger partial charge in [-0.3, -0.25) is 4.98 Å². The van der Waals surface area contributed by atoms with Crippen LogP contribution in [0.25, 0.3) is 0 Å². The van der Waals surface area contributed by atoms with Crippen LogP contribution in [0.3, 0.4) is 0 Å². The van der Waals surface area contributed by atoms with Crippen molar-refractivity contribution in [3.63, 3.8) is 0 Å². The second kappa shape index (κ2) is 4.78. The minimum atomic E-state index is 0.267. The summed E-state index contributed by atoms with van der Waals surface area (Å²) in [6, 6.07) is 6.07. The van der Waals surface area contributed by atoms with E-state index in [9.17, 15) is 0 Å². The molecule has 0 N–H and O–H groups in total. The molecule has 1 rings (SSSR count). The number of nitriles is 1. The van der Waals surface area contributed by atoms with E-state index in [0.717, 1.165) is 5.56 Å². The molecule has 0 saturated carbocycles. The summed E-state index contributed by atoms with van der Waals surface area (Å²) in [5.41, 5.74) is 1.13. The molecule has 12 heavy (non-hydrogen) atoms. The monoisotopic (exact) mass is 178 g/mol. The molecular formula is C9H10N2S. The van der Waals surface area contributed by atoms with Gasteiger partial charge in [-0.05, 0) is 17.9 Å². The fraction of sp³-hybridized carbons (Fsp3) is 0.333. The van der Waals surface area contributed by atoms with Crippen LogP contribution in [0.5, 0.6) is 0 Å². The molecule has 1 aromatic heterocycles. The minimum Gasteiger partial charge on any atom is -0.264 e. The minimum absolute atomic E-state index is 0.267. The lowest BCUT2D eigenvalue weighted by molar-refractivity contribution is 0.970. The van der Waals surface area contributed by atoms with Crippen LogP contribution in [0.1, 0.15) is 17.2 Å². The van der Waals surface area contributed by atoms with Crippen molar-refractivity contribution in [1.82, 2.24) is 4.98 Å². The van der Waals surface area contributed by atoms with Gasteiger partial charge in [-0.15, -0.1) is 0 Å². The molecule has 0 spiro atoms. The Morgan fingerprint density at radius 1 is 1.75 bits per heavy atom. The normalized spacial score (nSPS) is 12.0. The van der Waals surface area contributed by atoms with Crippen LogP contribution in [0, 0.1) is 11.3 Å². The second-order valence-corrected chi connectivity index (χ2v) is 3.41. The number of aromatic nitrogens is 1. The molecule has 0 aliphatic heterocycles. The highest BCUT2D eigenvalue weighted by Gasteiger charge is 2.08. The topological polar surface area (TPSA) is 36.7 Å². The molecule has 1 atom stereocenters. The van der Waals surface area contributed by atoms with Crippen LogP contribution in [0.15, 0.2) is 24.5 Å². The highest BCUT2D eigenvalue weighted by atomic mass is 32.2. The average molecular weight is 178 g/mol. The zero-order valence-electron chi connectivity index (χ0n) is 6.90. The highest BCUT2D eigenvalue weighted by molar-refractivity contribution is 7.98. The number of thioether (sulfide) groups is 1. The van der Waals surface area contributed by atoms with E-state index in [1.807, 2.05) is 24.6 Å². The summed E-state index contributed by atoms with van der Waals surface area (Å²) in [7, 11) is 0. The summed E-state index contributed by atoms with van der Waals surface area (Å²) in [6.45, 7) is 0. The van der Waals surface area contributed by atoms with Gasteiger partial charge in [-0.1, -0.05) is 6.07 Å². The molecule has 1 heterocycles. The third-order valence-corrected chi connectivity index (χ3v) is 2.63. The largest absolute Gasteiger partial charge is 0.264 e. The number of hydrogen-bond donors (Lipinski definition) is 0. The van der Waals surface area contributed by atoms with Crippen molar-refractivity contribution in [2.45, 2.75) is 11.7 Å². The van der Waals surface area contributed by atoms with E-state index >= 15 is 0 Å². The van der Waals surface area contributed by atoms with Gasteiger partial charge in [0.15, 0.2) is 0 Å². The van der Waals surface area contributed by atoms with Crippen molar-refractivity contribution in [2.75, 3.05) is 6.26 Å². The van der Waals surface area contributed by atoms with Crippen molar-refractivity contribution in [3.05, 3.63) is 30.1 Å². The maximum absolute atomic E-state index is 8.55. The molecule has 0 aliphatic rings. The van der Waals surface area contributed by atoms with Gasteiger partial charge in [-0.25, -0.2) is 0 Å². The first-order valence-electron chi connectivity index (χ1n) is 3.68. The smallest absolute Gasteiger partial charge is 0.0636 e. The Morgan fingerprint density at radius 2 is 2.58 bits per heavy atom. The fourth-order valence-corrected chi connectivity index (χ4v) is 1.64. The molecule has 0 radical (unpaired) electrons. The third-order valence-electron chi connectivity index (χ3n) is 1.62. The van der Waals surface area contributed by atoms with E-state index in [-0.39, 0.29) is 5.25 Å². The molecule has 2 nitrogen and oxygen atoms in total. The second-order valence-electron chi connectivity index (χ2n) is 2.37. The van der Waals surface area contributed by atoms with Gasteiger partial charge >= 0.3 is 0 Å². The van der Waals surface area contributed by atoms with E-state index in [0.29, 0.717) is 6.42 Å². The van der Waals surface area contributed by atoms with Crippen molar-refractivity contribution < 1.29 is 0 Å². The lowest BCUT2D eigenvalue weighted by Crippen LogP contribution is -1.92. The third kappa shape index (κ3) is 2.24. The zero-order valence-corrected chi connectivity index (χ0v) is 7.71. The fourth-order valence-electron chi connectivity index (χ4n) is 0.987. The molecule has 0 aliphatic carbocycles. The molecule has 3 heteroatoms. The number of nitrogens with zero attached hydrogens (tertiary/aromatic N) is 2. The Hall–Kier alpha value is -1.01. The highest BCUT2D eigenvalue weighted by Crippen LogP contribution is 2.28. The Kier molecular flexibility index (Phi) is 3.62. The van der Waals surface area contributed by atoms with Crippen molar-refractivity contribution in [1.29, 1.82) is 5.26 Å². The lowest BCUT2D eigenvalue weighted by atomic mass is 10.2. The summed E-state index contributed by atoms with van der Waals surface area (Å²) >= 11 is 1.69. The zero-order chi connectivity index (χ0) is 8.81. The van der Waals surface area contributed by atoms with E-state index < -0.39 is 0 Å². The van der Waals surface area contributed by atoms with Crippen molar-refractivity contribution in [3.8, 4) is 6.07 Å². The lowest BCUT2D eigenvalue weighted by Gasteiger charge is -2.08. The van der Waals surface area contributed by atoms with Gasteiger partial charge in [0.25, 0.3) is 0 Å². The Balaban J connectivity index is 2.75. The molecular weight excluding hydrogens is 168 g/mol. The Bertz CT molecular complexity index is 266. The molecule has 0 fully saturated rings. The predicted molar refractivity (Wildman–Crippen MR) is 50.7 cm³/mol. The first-order valence-corrected chi connectivity index (χ1v) is 4.97. The Morgan fingerprint density at radius 3 is 3.08 bits per heavy atom. The molecule has 1 unspecified atom stereocenters. The van der Waals surface area contributed by atoms with Crippen LogP contribution in [0.4, 0.5) is 0 Å². The number of rotatable bonds is 3. The molecule has 0 aromatic carbocycles. The van der Waals surface area contributed by atoms with Gasteiger partial charge in [0.2, 0.25) is 0 Å². The van der Waals surface area contributed by atoms with E-state index in [1.54, 1.807) is 18.0 Å². The predicted octanol–water partition coefficient (Wildman–Crippen LogP) is 2.40. The number of hydrogen-bond acceptors (Lipinski definition) is 3. The standard InChI is InChI=1S/C9H10N2S/c1-12-9(4-5-10)8-3-2-6-11-7-8/h2-3,6-7,9H,4H2,1H3. The summed E-state index contributed by atoms with van der Waals surface area (Å²) in [5.74, 6) is 0. The van der Waals surface area contributed by atoms with Crippen LogP contribution in [-0.4, -0.2) is 11.2 Å². The van der Waals surface area contributed by atoms with Gasteiger partial charge in [0.1, 0.15) is 0 Å². The van der Waals surface area contributed by atoms with E-state index in [1.165, 1.54) is 0 Å². The van der Waals surface area contributed by atoms with E-state index in [2.05, 4.69) is 11.1 Å². The van der Waals surface area contributed by atoms with Gasteiger partial charge in [0, 0.05) is 17.6 Å². The molecule has 1 aromatic rings. The van der Waals surface area contributed by atoms with E-state index in [4.69, 9.17) is 5.26 Å². The van der Waals surface area contributed by atoms with Gasteiger partial charge < -0.3 is 0 Å². The quantitative estimate of drug-likeness (QED) is 0.713. The molecule has 0 bridgehead atoms. The molecule has 62 valence electrons. The number of pyridine rings is 1. The van der Waals surface area contributed by atoms with Crippen LogP contribution in [-0.2, 0) is 0 Å². The van der Waals surface area contributed by atoms with Gasteiger partial charge in [-0.2, -0.15) is 17.0 Å².